The highest BCUT2D eigenvalue weighted by atomic mass is 79.9. The average molecular weight is 455 g/mol. The first-order chi connectivity index (χ1) is 13.6. The van der Waals surface area contributed by atoms with Crippen molar-refractivity contribution in [1.29, 1.82) is 0 Å². The Labute approximate surface area is 173 Å². The number of hydrogen-bond donors (Lipinski definition) is 1. The number of fused-ring (bicyclic) bond motifs is 1. The Bertz CT molecular complexity index is 1240. The van der Waals surface area contributed by atoms with Crippen molar-refractivity contribution in [3.63, 3.8) is 0 Å². The van der Waals surface area contributed by atoms with Gasteiger partial charge in [-0.1, -0.05) is 39.7 Å². The zero-order valence-electron chi connectivity index (χ0n) is 14.4. The molecular weight excluding hydrogens is 442 g/mol. The molecule has 0 bridgehead atoms. The van der Waals surface area contributed by atoms with E-state index in [9.17, 15) is 4.79 Å². The van der Waals surface area contributed by atoms with Gasteiger partial charge >= 0.3 is 0 Å². The average Bonchev–Trinajstić information content (AvgIpc) is 2.68. The highest BCUT2D eigenvalue weighted by Gasteiger charge is 2.14. The summed E-state index contributed by atoms with van der Waals surface area (Å²) >= 11 is 9.49. The molecule has 0 atom stereocenters. The summed E-state index contributed by atoms with van der Waals surface area (Å²) < 4.78 is 6.82. The standard InChI is InChI=1S/C21H13BrClN3O2/c22-14-7-8-18-13(10-14)11-17(20(27)26-19-6-1-2-9-24-19)21(28-18)25-16-5-3-4-15(23)12-16/h1-12H,(H,24,26,27). The van der Waals surface area contributed by atoms with Crippen LogP contribution in [-0.4, -0.2) is 10.9 Å². The molecule has 2 aromatic heterocycles. The number of carbonyl (C=O) groups is 1. The fourth-order valence-electron chi connectivity index (χ4n) is 2.63. The topological polar surface area (TPSA) is 67.5 Å². The van der Waals surface area contributed by atoms with E-state index < -0.39 is 0 Å². The molecule has 2 heterocycles. The number of hydrogen-bond acceptors (Lipinski definition) is 4. The molecule has 7 heteroatoms. The molecule has 4 aromatic rings. The lowest BCUT2D eigenvalue weighted by Crippen LogP contribution is -2.22. The summed E-state index contributed by atoms with van der Waals surface area (Å²) in [6, 6.07) is 19.6. The molecule has 28 heavy (non-hydrogen) atoms. The lowest BCUT2D eigenvalue weighted by atomic mass is 10.1. The summed E-state index contributed by atoms with van der Waals surface area (Å²) in [7, 11) is 0. The molecule has 0 aliphatic rings. The Morgan fingerprint density at radius 3 is 2.75 bits per heavy atom. The molecule has 0 aliphatic carbocycles. The van der Waals surface area contributed by atoms with Crippen LogP contribution in [0, 0.1) is 0 Å². The van der Waals surface area contributed by atoms with E-state index in [2.05, 4.69) is 31.2 Å². The van der Waals surface area contributed by atoms with Crippen LogP contribution in [0.25, 0.3) is 11.0 Å². The van der Waals surface area contributed by atoms with Gasteiger partial charge in [-0.05, 0) is 54.6 Å². The zero-order valence-corrected chi connectivity index (χ0v) is 16.7. The van der Waals surface area contributed by atoms with Crippen LogP contribution in [0.2, 0.25) is 5.02 Å². The Balaban J connectivity index is 1.87. The number of carbonyl (C=O) groups excluding carboxylic acids is 1. The third-order valence-corrected chi connectivity index (χ3v) is 4.63. The number of anilines is 1. The summed E-state index contributed by atoms with van der Waals surface area (Å²) in [4.78, 5) is 21.5. The van der Waals surface area contributed by atoms with E-state index in [1.807, 2.05) is 18.2 Å². The molecule has 0 fully saturated rings. The summed E-state index contributed by atoms with van der Waals surface area (Å²) in [6.07, 6.45) is 1.61. The molecule has 1 N–H and O–H groups in total. The van der Waals surface area contributed by atoms with Gasteiger partial charge in [-0.25, -0.2) is 9.98 Å². The molecule has 4 rings (SSSR count). The van der Waals surface area contributed by atoms with Crippen LogP contribution < -0.4 is 10.9 Å². The molecule has 0 spiro atoms. The summed E-state index contributed by atoms with van der Waals surface area (Å²) in [5.41, 5.74) is 1.67. The Morgan fingerprint density at radius 2 is 1.96 bits per heavy atom. The van der Waals surface area contributed by atoms with Gasteiger partial charge in [-0.2, -0.15) is 0 Å². The number of pyridine rings is 1. The number of nitrogens with one attached hydrogen (secondary N) is 1. The normalized spacial score (nSPS) is 11.6. The first-order valence-electron chi connectivity index (χ1n) is 8.34. The fraction of sp³-hybridized carbons (Fsp3) is 0. The fourth-order valence-corrected chi connectivity index (χ4v) is 3.19. The molecule has 1 amide bonds. The quantitative estimate of drug-likeness (QED) is 0.430. The first kappa shape index (κ1) is 18.4. The van der Waals surface area contributed by atoms with Crippen LogP contribution in [0.3, 0.4) is 0 Å². The molecule has 2 aromatic carbocycles. The first-order valence-corrected chi connectivity index (χ1v) is 9.52. The molecule has 0 unspecified atom stereocenters. The monoisotopic (exact) mass is 453 g/mol. The second-order valence-electron chi connectivity index (χ2n) is 5.91. The molecule has 0 saturated heterocycles. The van der Waals surface area contributed by atoms with Gasteiger partial charge in [0.1, 0.15) is 17.0 Å². The lowest BCUT2D eigenvalue weighted by Gasteiger charge is -2.07. The third kappa shape index (κ3) is 4.13. The van der Waals surface area contributed by atoms with Gasteiger partial charge in [0.25, 0.3) is 5.91 Å². The van der Waals surface area contributed by atoms with Gasteiger partial charge in [-0.3, -0.25) is 4.79 Å². The van der Waals surface area contributed by atoms with Gasteiger partial charge in [0.15, 0.2) is 0 Å². The van der Waals surface area contributed by atoms with Crippen molar-refractivity contribution in [2.45, 2.75) is 0 Å². The van der Waals surface area contributed by atoms with E-state index in [1.54, 1.807) is 54.7 Å². The predicted molar refractivity (Wildman–Crippen MR) is 113 cm³/mol. The van der Waals surface area contributed by atoms with E-state index in [1.165, 1.54) is 0 Å². The molecule has 0 aliphatic heterocycles. The molecule has 5 nitrogen and oxygen atoms in total. The smallest absolute Gasteiger partial charge is 0.262 e. The van der Waals surface area contributed by atoms with Crippen LogP contribution >= 0.6 is 27.5 Å². The van der Waals surface area contributed by atoms with Crippen molar-refractivity contribution >= 4 is 55.9 Å². The third-order valence-electron chi connectivity index (χ3n) is 3.90. The number of benzene rings is 2. The Morgan fingerprint density at radius 1 is 1.07 bits per heavy atom. The Kier molecular flexibility index (Phi) is 5.23. The number of nitrogens with zero attached hydrogens (tertiary/aromatic N) is 2. The second-order valence-corrected chi connectivity index (χ2v) is 7.26. The second kappa shape index (κ2) is 7.96. The van der Waals surface area contributed by atoms with Crippen molar-refractivity contribution in [3.8, 4) is 0 Å². The van der Waals surface area contributed by atoms with E-state index in [4.69, 9.17) is 16.0 Å². The van der Waals surface area contributed by atoms with Gasteiger partial charge in [0.05, 0.1) is 5.69 Å². The lowest BCUT2D eigenvalue weighted by molar-refractivity contribution is 0.102. The minimum Gasteiger partial charge on any atom is -0.438 e. The minimum atomic E-state index is -0.370. The van der Waals surface area contributed by atoms with Crippen molar-refractivity contribution in [2.75, 3.05) is 5.32 Å². The SMILES string of the molecule is O=C(Nc1ccccn1)c1cc2cc(Br)ccc2oc1=Nc1cccc(Cl)c1. The van der Waals surface area contributed by atoms with Gasteiger partial charge in [0, 0.05) is 21.1 Å². The number of amides is 1. The van der Waals surface area contributed by atoms with Crippen LogP contribution in [0.15, 0.2) is 86.8 Å². The highest BCUT2D eigenvalue weighted by Crippen LogP contribution is 2.21. The van der Waals surface area contributed by atoms with Gasteiger partial charge in [0.2, 0.25) is 5.55 Å². The molecular formula is C21H13BrClN3O2. The molecule has 0 saturated carbocycles. The van der Waals surface area contributed by atoms with Crippen molar-refractivity contribution in [3.05, 3.63) is 93.5 Å². The molecule has 0 radical (unpaired) electrons. The summed E-state index contributed by atoms with van der Waals surface area (Å²) in [6.45, 7) is 0. The maximum absolute atomic E-state index is 12.9. The number of aromatic nitrogens is 1. The van der Waals surface area contributed by atoms with E-state index in [-0.39, 0.29) is 17.0 Å². The largest absolute Gasteiger partial charge is 0.438 e. The van der Waals surface area contributed by atoms with Crippen LogP contribution in [0.1, 0.15) is 10.4 Å². The maximum atomic E-state index is 12.9. The number of rotatable bonds is 3. The van der Waals surface area contributed by atoms with E-state index in [0.717, 1.165) is 9.86 Å². The van der Waals surface area contributed by atoms with Crippen LogP contribution in [0.4, 0.5) is 11.5 Å². The van der Waals surface area contributed by atoms with E-state index in [0.29, 0.717) is 22.1 Å². The summed E-state index contributed by atoms with van der Waals surface area (Å²) in [5.74, 6) is 0.0700. The van der Waals surface area contributed by atoms with Crippen LogP contribution in [0.5, 0.6) is 0 Å². The summed E-state index contributed by atoms with van der Waals surface area (Å²) in [5, 5.41) is 4.08. The highest BCUT2D eigenvalue weighted by molar-refractivity contribution is 9.10. The minimum absolute atomic E-state index is 0.186. The molecule has 138 valence electrons. The van der Waals surface area contributed by atoms with Gasteiger partial charge in [-0.15, -0.1) is 0 Å². The predicted octanol–water partition coefficient (Wildman–Crippen LogP) is 5.73. The maximum Gasteiger partial charge on any atom is 0.262 e. The van der Waals surface area contributed by atoms with E-state index >= 15 is 0 Å². The zero-order chi connectivity index (χ0) is 19.5. The Hall–Kier alpha value is -2.96. The van der Waals surface area contributed by atoms with Crippen LogP contribution in [-0.2, 0) is 0 Å². The van der Waals surface area contributed by atoms with Gasteiger partial charge < -0.3 is 9.73 Å². The van der Waals surface area contributed by atoms with Crippen molar-refractivity contribution in [2.24, 2.45) is 4.99 Å². The van der Waals surface area contributed by atoms with Crippen molar-refractivity contribution < 1.29 is 9.21 Å². The van der Waals surface area contributed by atoms with Crippen molar-refractivity contribution in [1.82, 2.24) is 4.98 Å². The number of halogens is 2.